The molecule has 0 aliphatic carbocycles. The van der Waals surface area contributed by atoms with Gasteiger partial charge in [-0.1, -0.05) is 264 Å². The molecular weight excluding hydrogens is 781 g/mol. The van der Waals surface area contributed by atoms with Gasteiger partial charge in [0.2, 0.25) is 0 Å². The van der Waals surface area contributed by atoms with E-state index in [9.17, 15) is 14.4 Å². The standard InChI is InChI=1S/C57H108O6/c1-4-7-10-13-16-19-22-25-27-28-29-31-32-35-38-41-44-47-50-56(59)62-53-54(52-61-55(58)49-46-43-40-37-34-24-21-18-15-12-9-6-3)63-57(60)51-48-45-42-39-36-33-30-26-23-20-17-14-11-8-5-2/h29,31,54H,4-28,30,32-53H2,1-3H3/b31-29-. The maximum Gasteiger partial charge on any atom is 0.306 e. The molecule has 0 saturated carbocycles. The predicted octanol–water partition coefficient (Wildman–Crippen LogP) is 18.5. The normalized spacial score (nSPS) is 12.0. The zero-order valence-corrected chi connectivity index (χ0v) is 42.6. The first kappa shape index (κ1) is 61.1. The van der Waals surface area contributed by atoms with Crippen LogP contribution in [-0.4, -0.2) is 37.2 Å². The van der Waals surface area contributed by atoms with Gasteiger partial charge in [-0.05, 0) is 44.9 Å². The van der Waals surface area contributed by atoms with Gasteiger partial charge in [0.15, 0.2) is 6.10 Å². The smallest absolute Gasteiger partial charge is 0.306 e. The van der Waals surface area contributed by atoms with Crippen LogP contribution in [0.1, 0.15) is 316 Å². The predicted molar refractivity (Wildman–Crippen MR) is 270 cm³/mol. The van der Waals surface area contributed by atoms with Crippen LogP contribution in [0.25, 0.3) is 0 Å². The molecule has 0 spiro atoms. The molecule has 0 radical (unpaired) electrons. The van der Waals surface area contributed by atoms with Crippen LogP contribution in [0, 0.1) is 0 Å². The van der Waals surface area contributed by atoms with Crippen LogP contribution in [0.15, 0.2) is 12.2 Å². The van der Waals surface area contributed by atoms with Gasteiger partial charge in [0.25, 0.3) is 0 Å². The van der Waals surface area contributed by atoms with E-state index in [0.717, 1.165) is 64.2 Å². The number of unbranched alkanes of at least 4 members (excludes halogenated alkanes) is 39. The lowest BCUT2D eigenvalue weighted by molar-refractivity contribution is -0.167. The Hall–Kier alpha value is -1.85. The molecule has 372 valence electrons. The molecule has 0 saturated heterocycles. The van der Waals surface area contributed by atoms with E-state index in [0.29, 0.717) is 19.3 Å². The minimum absolute atomic E-state index is 0.0669. The van der Waals surface area contributed by atoms with E-state index in [-0.39, 0.29) is 31.1 Å². The highest BCUT2D eigenvalue weighted by Gasteiger charge is 2.19. The molecule has 63 heavy (non-hydrogen) atoms. The SMILES string of the molecule is CCCCCCCCCCC/C=C\CCCCCCCC(=O)OCC(COC(=O)CCCCCCCCCCCCCC)OC(=O)CCCCCCCCCCCCCCCCC. The second-order valence-corrected chi connectivity index (χ2v) is 19.2. The van der Waals surface area contributed by atoms with Crippen molar-refractivity contribution in [3.05, 3.63) is 12.2 Å². The van der Waals surface area contributed by atoms with E-state index in [1.807, 2.05) is 0 Å². The van der Waals surface area contributed by atoms with Crippen molar-refractivity contribution in [2.24, 2.45) is 0 Å². The summed E-state index contributed by atoms with van der Waals surface area (Å²) in [5.74, 6) is -0.854. The molecule has 6 nitrogen and oxygen atoms in total. The van der Waals surface area contributed by atoms with Crippen molar-refractivity contribution in [1.29, 1.82) is 0 Å². The highest BCUT2D eigenvalue weighted by atomic mass is 16.6. The van der Waals surface area contributed by atoms with E-state index in [1.165, 1.54) is 212 Å². The van der Waals surface area contributed by atoms with Gasteiger partial charge in [0.05, 0.1) is 0 Å². The molecule has 0 fully saturated rings. The maximum atomic E-state index is 12.8. The van der Waals surface area contributed by atoms with Gasteiger partial charge in [-0.25, -0.2) is 0 Å². The molecule has 0 aliphatic heterocycles. The largest absolute Gasteiger partial charge is 0.462 e. The van der Waals surface area contributed by atoms with Crippen molar-refractivity contribution < 1.29 is 28.6 Å². The third kappa shape index (κ3) is 51.0. The van der Waals surface area contributed by atoms with E-state index in [1.54, 1.807) is 0 Å². The summed E-state index contributed by atoms with van der Waals surface area (Å²) in [6.07, 6.45) is 59.1. The second kappa shape index (κ2) is 52.8. The zero-order valence-electron chi connectivity index (χ0n) is 42.6. The summed E-state index contributed by atoms with van der Waals surface area (Å²) in [7, 11) is 0. The van der Waals surface area contributed by atoms with Crippen molar-refractivity contribution >= 4 is 17.9 Å². The molecule has 0 heterocycles. The van der Waals surface area contributed by atoms with Crippen molar-refractivity contribution in [3.63, 3.8) is 0 Å². The Morgan fingerprint density at radius 1 is 0.302 bits per heavy atom. The van der Waals surface area contributed by atoms with Crippen LogP contribution in [0.3, 0.4) is 0 Å². The third-order valence-electron chi connectivity index (χ3n) is 12.8. The number of rotatable bonds is 52. The summed E-state index contributed by atoms with van der Waals surface area (Å²) in [6.45, 7) is 6.68. The van der Waals surface area contributed by atoms with Crippen LogP contribution >= 0.6 is 0 Å². The maximum absolute atomic E-state index is 12.8. The van der Waals surface area contributed by atoms with Crippen LogP contribution in [-0.2, 0) is 28.6 Å². The van der Waals surface area contributed by atoms with Gasteiger partial charge in [-0.15, -0.1) is 0 Å². The average Bonchev–Trinajstić information content (AvgIpc) is 3.28. The summed E-state index contributed by atoms with van der Waals surface area (Å²) in [4.78, 5) is 38.1. The first-order valence-corrected chi connectivity index (χ1v) is 28.2. The number of allylic oxidation sites excluding steroid dienone is 2. The number of ether oxygens (including phenoxy) is 3. The highest BCUT2D eigenvalue weighted by molar-refractivity contribution is 5.71. The molecule has 1 atom stereocenters. The molecule has 0 amide bonds. The summed E-state index contributed by atoms with van der Waals surface area (Å²) in [5, 5.41) is 0. The van der Waals surface area contributed by atoms with Crippen LogP contribution in [0.4, 0.5) is 0 Å². The van der Waals surface area contributed by atoms with Crippen molar-refractivity contribution in [2.75, 3.05) is 13.2 Å². The fourth-order valence-corrected chi connectivity index (χ4v) is 8.50. The Kier molecular flexibility index (Phi) is 51.2. The molecule has 0 aromatic heterocycles. The van der Waals surface area contributed by atoms with Gasteiger partial charge in [0, 0.05) is 19.3 Å². The summed E-state index contributed by atoms with van der Waals surface area (Å²) in [6, 6.07) is 0. The molecule has 0 rings (SSSR count). The van der Waals surface area contributed by atoms with Gasteiger partial charge in [-0.3, -0.25) is 14.4 Å². The number of hydrogen-bond donors (Lipinski definition) is 0. The minimum Gasteiger partial charge on any atom is -0.462 e. The lowest BCUT2D eigenvalue weighted by Crippen LogP contribution is -2.30. The van der Waals surface area contributed by atoms with Crippen molar-refractivity contribution in [2.45, 2.75) is 322 Å². The molecule has 1 unspecified atom stereocenters. The molecule has 0 aromatic rings. The molecular formula is C57H108O6. The van der Waals surface area contributed by atoms with Gasteiger partial charge in [0.1, 0.15) is 13.2 Å². The van der Waals surface area contributed by atoms with E-state index in [4.69, 9.17) is 14.2 Å². The first-order valence-electron chi connectivity index (χ1n) is 28.2. The lowest BCUT2D eigenvalue weighted by Gasteiger charge is -2.18. The summed E-state index contributed by atoms with van der Waals surface area (Å²) < 4.78 is 16.8. The first-order chi connectivity index (χ1) is 31.0. The van der Waals surface area contributed by atoms with Gasteiger partial charge in [-0.2, -0.15) is 0 Å². The number of carbonyl (C=O) groups excluding carboxylic acids is 3. The zero-order chi connectivity index (χ0) is 45.8. The third-order valence-corrected chi connectivity index (χ3v) is 12.8. The van der Waals surface area contributed by atoms with Crippen LogP contribution in [0.2, 0.25) is 0 Å². The summed E-state index contributed by atoms with van der Waals surface area (Å²) in [5.41, 5.74) is 0. The number of esters is 3. The Morgan fingerprint density at radius 2 is 0.524 bits per heavy atom. The van der Waals surface area contributed by atoms with E-state index >= 15 is 0 Å². The fourth-order valence-electron chi connectivity index (χ4n) is 8.50. The van der Waals surface area contributed by atoms with E-state index in [2.05, 4.69) is 32.9 Å². The molecule has 0 N–H and O–H groups in total. The summed E-state index contributed by atoms with van der Waals surface area (Å²) >= 11 is 0. The number of hydrogen-bond acceptors (Lipinski definition) is 6. The molecule has 0 aliphatic rings. The number of carbonyl (C=O) groups is 3. The van der Waals surface area contributed by atoms with Crippen LogP contribution in [0.5, 0.6) is 0 Å². The molecule has 6 heteroatoms. The monoisotopic (exact) mass is 889 g/mol. The molecule has 0 bridgehead atoms. The Morgan fingerprint density at radius 3 is 0.794 bits per heavy atom. The second-order valence-electron chi connectivity index (χ2n) is 19.2. The minimum atomic E-state index is -0.767. The van der Waals surface area contributed by atoms with Gasteiger partial charge >= 0.3 is 17.9 Å². The highest BCUT2D eigenvalue weighted by Crippen LogP contribution is 2.17. The lowest BCUT2D eigenvalue weighted by atomic mass is 10.0. The van der Waals surface area contributed by atoms with Crippen LogP contribution < -0.4 is 0 Å². The van der Waals surface area contributed by atoms with E-state index < -0.39 is 6.10 Å². The quantitative estimate of drug-likeness (QED) is 0.0262. The van der Waals surface area contributed by atoms with Crippen molar-refractivity contribution in [1.82, 2.24) is 0 Å². The Bertz CT molecular complexity index is 978. The fraction of sp³-hybridized carbons (Fsp3) is 0.912. The molecule has 0 aromatic carbocycles. The Labute approximate surface area is 392 Å². The average molecular weight is 889 g/mol. The van der Waals surface area contributed by atoms with Gasteiger partial charge < -0.3 is 14.2 Å². The topological polar surface area (TPSA) is 78.9 Å². The Balaban J connectivity index is 4.30. The van der Waals surface area contributed by atoms with Crippen molar-refractivity contribution in [3.8, 4) is 0 Å².